The Kier molecular flexibility index (Phi) is 4.86. The van der Waals surface area contributed by atoms with Gasteiger partial charge in [-0.05, 0) is 30.0 Å². The summed E-state index contributed by atoms with van der Waals surface area (Å²) in [5, 5.41) is 0.859. The number of amides is 1. The lowest BCUT2D eigenvalue weighted by Gasteiger charge is -2.25. The highest BCUT2D eigenvalue weighted by molar-refractivity contribution is 9.09. The number of likely N-dealkylation sites (tertiary alicyclic amines) is 1. The van der Waals surface area contributed by atoms with Gasteiger partial charge in [-0.2, -0.15) is 0 Å². The molecule has 0 N–H and O–H groups in total. The summed E-state index contributed by atoms with van der Waals surface area (Å²) in [5.41, 5.74) is 1.01. The lowest BCUT2D eigenvalue weighted by atomic mass is 10.0. The average molecular weight is 326 g/mol. The van der Waals surface area contributed by atoms with Crippen molar-refractivity contribution in [3.05, 3.63) is 29.8 Å². The maximum absolute atomic E-state index is 12.4. The molecule has 1 heterocycles. The Balaban J connectivity index is 2.04. The summed E-state index contributed by atoms with van der Waals surface area (Å²) >= 11 is 3.52. The molecule has 0 aliphatic carbocycles. The number of hydrogen-bond donors (Lipinski definition) is 0. The first kappa shape index (κ1) is 14.4. The lowest BCUT2D eigenvalue weighted by Crippen LogP contribution is -2.39. The fraction of sp³-hybridized carbons (Fsp3) is 0.533. The highest BCUT2D eigenvalue weighted by Gasteiger charge is 2.33. The number of alkyl halides is 1. The molecule has 0 aromatic heterocycles. The van der Waals surface area contributed by atoms with Gasteiger partial charge in [0.05, 0.1) is 13.5 Å². The predicted molar refractivity (Wildman–Crippen MR) is 79.8 cm³/mol. The van der Waals surface area contributed by atoms with Crippen molar-refractivity contribution in [1.82, 2.24) is 4.90 Å². The number of benzene rings is 1. The molecule has 19 heavy (non-hydrogen) atoms. The van der Waals surface area contributed by atoms with Crippen LogP contribution in [0.4, 0.5) is 0 Å². The minimum Gasteiger partial charge on any atom is -0.497 e. The fourth-order valence-corrected chi connectivity index (χ4v) is 3.60. The smallest absolute Gasteiger partial charge is 0.227 e. The van der Waals surface area contributed by atoms with Gasteiger partial charge < -0.3 is 9.64 Å². The Morgan fingerprint density at radius 1 is 1.53 bits per heavy atom. The topological polar surface area (TPSA) is 29.5 Å². The standard InChI is InChI=1S/C15H20BrNO2/c1-11-6-7-17(14(11)10-16)15(18)9-12-4-3-5-13(8-12)19-2/h3-5,8,11,14H,6-7,9-10H2,1-2H3. The fourth-order valence-electron chi connectivity index (χ4n) is 2.61. The van der Waals surface area contributed by atoms with E-state index in [2.05, 4.69) is 22.9 Å². The third-order valence-corrected chi connectivity index (χ3v) is 4.51. The number of hydrogen-bond acceptors (Lipinski definition) is 2. The van der Waals surface area contributed by atoms with Crippen LogP contribution in [0.15, 0.2) is 24.3 Å². The number of nitrogens with zero attached hydrogens (tertiary/aromatic N) is 1. The highest BCUT2D eigenvalue weighted by atomic mass is 79.9. The molecule has 0 bridgehead atoms. The molecule has 4 heteroatoms. The van der Waals surface area contributed by atoms with Crippen LogP contribution in [-0.4, -0.2) is 35.8 Å². The molecule has 1 fully saturated rings. The molecule has 3 nitrogen and oxygen atoms in total. The van der Waals surface area contributed by atoms with Crippen LogP contribution < -0.4 is 4.74 Å². The molecule has 0 radical (unpaired) electrons. The van der Waals surface area contributed by atoms with Crippen molar-refractivity contribution in [3.8, 4) is 5.75 Å². The average Bonchev–Trinajstić information content (AvgIpc) is 2.80. The zero-order valence-corrected chi connectivity index (χ0v) is 13.0. The zero-order valence-electron chi connectivity index (χ0n) is 11.4. The van der Waals surface area contributed by atoms with Gasteiger partial charge in [0.1, 0.15) is 5.75 Å². The summed E-state index contributed by atoms with van der Waals surface area (Å²) < 4.78 is 5.19. The highest BCUT2D eigenvalue weighted by Crippen LogP contribution is 2.26. The van der Waals surface area contributed by atoms with E-state index in [1.165, 1.54) is 0 Å². The van der Waals surface area contributed by atoms with E-state index in [-0.39, 0.29) is 5.91 Å². The molecule has 1 amide bonds. The minimum absolute atomic E-state index is 0.210. The van der Waals surface area contributed by atoms with Gasteiger partial charge in [0.2, 0.25) is 5.91 Å². The molecule has 1 aromatic rings. The number of methoxy groups -OCH3 is 1. The van der Waals surface area contributed by atoms with Gasteiger partial charge in [0.15, 0.2) is 0 Å². The second kappa shape index (κ2) is 6.42. The van der Waals surface area contributed by atoms with Crippen LogP contribution in [0.2, 0.25) is 0 Å². The first-order valence-corrected chi connectivity index (χ1v) is 7.76. The minimum atomic E-state index is 0.210. The lowest BCUT2D eigenvalue weighted by molar-refractivity contribution is -0.131. The van der Waals surface area contributed by atoms with Gasteiger partial charge in [-0.25, -0.2) is 0 Å². The molecule has 1 aliphatic rings. The molecular weight excluding hydrogens is 306 g/mol. The van der Waals surface area contributed by atoms with Crippen molar-refractivity contribution in [2.45, 2.75) is 25.8 Å². The van der Waals surface area contributed by atoms with Crippen LogP contribution >= 0.6 is 15.9 Å². The molecule has 0 spiro atoms. The van der Waals surface area contributed by atoms with E-state index >= 15 is 0 Å². The number of halogens is 1. The largest absolute Gasteiger partial charge is 0.497 e. The first-order valence-electron chi connectivity index (χ1n) is 6.64. The van der Waals surface area contributed by atoms with E-state index in [1.807, 2.05) is 29.2 Å². The first-order chi connectivity index (χ1) is 9.15. The van der Waals surface area contributed by atoms with Crippen molar-refractivity contribution >= 4 is 21.8 Å². The van der Waals surface area contributed by atoms with Crippen LogP contribution in [0.25, 0.3) is 0 Å². The Labute approximate surface area is 123 Å². The Morgan fingerprint density at radius 3 is 3.00 bits per heavy atom. The number of carbonyl (C=O) groups excluding carboxylic acids is 1. The normalized spacial score (nSPS) is 22.6. The molecule has 0 saturated carbocycles. The second-order valence-corrected chi connectivity index (χ2v) is 5.75. The van der Waals surface area contributed by atoms with E-state index in [0.29, 0.717) is 18.4 Å². The molecule has 1 aliphatic heterocycles. The van der Waals surface area contributed by atoms with Gasteiger partial charge in [0.25, 0.3) is 0 Å². The van der Waals surface area contributed by atoms with Crippen molar-refractivity contribution < 1.29 is 9.53 Å². The third kappa shape index (κ3) is 3.30. The molecular formula is C15H20BrNO2. The predicted octanol–water partition coefficient (Wildman–Crippen LogP) is 2.87. The van der Waals surface area contributed by atoms with Gasteiger partial charge in [-0.15, -0.1) is 0 Å². The summed E-state index contributed by atoms with van der Waals surface area (Å²) in [7, 11) is 1.64. The van der Waals surface area contributed by atoms with Gasteiger partial charge in [-0.1, -0.05) is 35.0 Å². The third-order valence-electron chi connectivity index (χ3n) is 3.85. The quantitative estimate of drug-likeness (QED) is 0.797. The maximum atomic E-state index is 12.4. The van der Waals surface area contributed by atoms with E-state index in [0.717, 1.165) is 29.6 Å². The molecule has 2 rings (SSSR count). The molecule has 1 aromatic carbocycles. The van der Waals surface area contributed by atoms with E-state index < -0.39 is 0 Å². The Morgan fingerprint density at radius 2 is 2.32 bits per heavy atom. The number of carbonyl (C=O) groups is 1. The maximum Gasteiger partial charge on any atom is 0.227 e. The van der Waals surface area contributed by atoms with Crippen molar-refractivity contribution in [2.75, 3.05) is 19.0 Å². The van der Waals surface area contributed by atoms with E-state index in [1.54, 1.807) is 7.11 Å². The summed E-state index contributed by atoms with van der Waals surface area (Å²) in [6, 6.07) is 8.06. The number of ether oxygens (including phenoxy) is 1. The van der Waals surface area contributed by atoms with Crippen LogP contribution in [0, 0.1) is 5.92 Å². The summed E-state index contributed by atoms with van der Waals surface area (Å²) in [6.45, 7) is 3.09. The van der Waals surface area contributed by atoms with Crippen LogP contribution in [-0.2, 0) is 11.2 Å². The van der Waals surface area contributed by atoms with Crippen LogP contribution in [0.1, 0.15) is 18.9 Å². The Bertz CT molecular complexity index is 450. The number of rotatable bonds is 4. The van der Waals surface area contributed by atoms with E-state index in [9.17, 15) is 4.79 Å². The van der Waals surface area contributed by atoms with Gasteiger partial charge in [-0.3, -0.25) is 4.79 Å². The van der Waals surface area contributed by atoms with Crippen LogP contribution in [0.3, 0.4) is 0 Å². The van der Waals surface area contributed by atoms with Crippen LogP contribution in [0.5, 0.6) is 5.75 Å². The van der Waals surface area contributed by atoms with Gasteiger partial charge >= 0.3 is 0 Å². The molecule has 1 saturated heterocycles. The summed E-state index contributed by atoms with van der Waals surface area (Å²) in [4.78, 5) is 14.4. The zero-order chi connectivity index (χ0) is 13.8. The van der Waals surface area contributed by atoms with Crippen molar-refractivity contribution in [2.24, 2.45) is 5.92 Å². The van der Waals surface area contributed by atoms with Crippen molar-refractivity contribution in [1.29, 1.82) is 0 Å². The summed E-state index contributed by atoms with van der Waals surface area (Å²) in [6.07, 6.45) is 1.55. The molecule has 2 atom stereocenters. The molecule has 104 valence electrons. The second-order valence-electron chi connectivity index (χ2n) is 5.10. The van der Waals surface area contributed by atoms with Crippen molar-refractivity contribution in [3.63, 3.8) is 0 Å². The SMILES string of the molecule is COc1cccc(CC(=O)N2CCC(C)C2CBr)c1. The monoisotopic (exact) mass is 325 g/mol. The molecule has 2 unspecified atom stereocenters. The Hall–Kier alpha value is -1.03. The van der Waals surface area contributed by atoms with Gasteiger partial charge in [0, 0.05) is 17.9 Å². The summed E-state index contributed by atoms with van der Waals surface area (Å²) in [5.74, 6) is 1.59. The van der Waals surface area contributed by atoms with E-state index in [4.69, 9.17) is 4.74 Å².